The Balaban J connectivity index is 1.62. The van der Waals surface area contributed by atoms with Crippen molar-refractivity contribution < 1.29 is 24.9 Å². The Morgan fingerprint density at radius 3 is 2.68 bits per heavy atom. The van der Waals surface area contributed by atoms with Gasteiger partial charge in [0.15, 0.2) is 0 Å². The number of ether oxygens (including phenoxy) is 1. The van der Waals surface area contributed by atoms with Crippen molar-refractivity contribution in [1.29, 1.82) is 0 Å². The van der Waals surface area contributed by atoms with Crippen LogP contribution in [0.1, 0.15) is 74.9 Å². The van der Waals surface area contributed by atoms with Crippen LogP contribution in [0, 0.1) is 22.7 Å². The molecular formula is C25H35NO5. The largest absolute Gasteiger partial charge is 0.508 e. The predicted molar refractivity (Wildman–Crippen MR) is 116 cm³/mol. The van der Waals surface area contributed by atoms with Crippen molar-refractivity contribution in [2.75, 3.05) is 13.2 Å². The van der Waals surface area contributed by atoms with E-state index in [-0.39, 0.29) is 47.7 Å². The Kier molecular flexibility index (Phi) is 4.49. The van der Waals surface area contributed by atoms with E-state index < -0.39 is 5.60 Å². The number of carbonyl (C=O) groups is 1. The average Bonchev–Trinajstić information content (AvgIpc) is 3.24. The molecule has 2 heterocycles. The summed E-state index contributed by atoms with van der Waals surface area (Å²) >= 11 is 0. The third-order valence-electron chi connectivity index (χ3n) is 9.51. The standard InChI is InChI=1S/C25H35NO5/c1-14-5-6-18-23(2,3)19(29)7-8-24(18,4)25(14)12-16-17(28)11-15-13-26(9-10-27)22(30)20(15)21(16)31-25/h11,14,18-19,27-29H,5-10,12-13H2,1-4H3. The summed E-state index contributed by atoms with van der Waals surface area (Å²) in [5.74, 6) is 1.20. The van der Waals surface area contributed by atoms with E-state index in [1.54, 1.807) is 11.0 Å². The van der Waals surface area contributed by atoms with Gasteiger partial charge in [-0.15, -0.1) is 0 Å². The van der Waals surface area contributed by atoms with Crippen LogP contribution in [0.4, 0.5) is 0 Å². The number of nitrogens with zero attached hydrogens (tertiary/aromatic N) is 1. The summed E-state index contributed by atoms with van der Waals surface area (Å²) in [6.45, 7) is 9.48. The molecule has 5 atom stereocenters. The number of aliphatic hydroxyl groups excluding tert-OH is 2. The molecule has 2 aliphatic heterocycles. The van der Waals surface area contributed by atoms with Gasteiger partial charge >= 0.3 is 0 Å². The number of aliphatic hydroxyl groups is 2. The zero-order chi connectivity index (χ0) is 22.3. The highest BCUT2D eigenvalue weighted by molar-refractivity contribution is 6.02. The summed E-state index contributed by atoms with van der Waals surface area (Å²) in [7, 11) is 0. The maximum atomic E-state index is 13.1. The number of amides is 1. The molecule has 31 heavy (non-hydrogen) atoms. The van der Waals surface area contributed by atoms with Crippen LogP contribution in [0.2, 0.25) is 0 Å². The molecule has 1 aromatic rings. The number of β-amino-alcohol motifs (C(OH)–C–C–N with tert-alkyl or cyclic N) is 1. The fourth-order valence-electron chi connectivity index (χ4n) is 7.64. The van der Waals surface area contributed by atoms with Crippen LogP contribution in [0.25, 0.3) is 0 Å². The first-order chi connectivity index (χ1) is 14.6. The smallest absolute Gasteiger partial charge is 0.258 e. The number of hydrogen-bond acceptors (Lipinski definition) is 5. The summed E-state index contributed by atoms with van der Waals surface area (Å²) in [5, 5.41) is 31.1. The van der Waals surface area contributed by atoms with Crippen molar-refractivity contribution in [3.63, 3.8) is 0 Å². The van der Waals surface area contributed by atoms with E-state index in [0.717, 1.165) is 36.8 Å². The minimum absolute atomic E-state index is 0.0904. The molecule has 5 unspecified atom stereocenters. The zero-order valence-corrected chi connectivity index (χ0v) is 19.1. The number of hydrogen-bond donors (Lipinski definition) is 3. The number of phenols is 1. The van der Waals surface area contributed by atoms with E-state index >= 15 is 0 Å². The molecule has 2 saturated carbocycles. The molecule has 0 saturated heterocycles. The molecule has 0 radical (unpaired) electrons. The zero-order valence-electron chi connectivity index (χ0n) is 19.1. The average molecular weight is 430 g/mol. The number of rotatable bonds is 2. The van der Waals surface area contributed by atoms with Gasteiger partial charge < -0.3 is 25.0 Å². The number of benzene rings is 1. The molecule has 1 amide bonds. The van der Waals surface area contributed by atoms with Gasteiger partial charge in [0, 0.05) is 30.5 Å². The number of carbonyl (C=O) groups excluding carboxylic acids is 1. The van der Waals surface area contributed by atoms with Crippen molar-refractivity contribution in [2.45, 2.75) is 78.0 Å². The summed E-state index contributed by atoms with van der Waals surface area (Å²) in [6, 6.07) is 1.72. The third-order valence-corrected chi connectivity index (χ3v) is 9.51. The number of fused-ring (bicyclic) bond motifs is 5. The molecule has 2 fully saturated rings. The van der Waals surface area contributed by atoms with Gasteiger partial charge in [0.25, 0.3) is 5.91 Å². The molecule has 170 valence electrons. The van der Waals surface area contributed by atoms with Crippen molar-refractivity contribution in [2.24, 2.45) is 22.7 Å². The number of aromatic hydroxyl groups is 1. The van der Waals surface area contributed by atoms with Crippen LogP contribution in [-0.4, -0.2) is 51.0 Å². The van der Waals surface area contributed by atoms with Gasteiger partial charge in [-0.25, -0.2) is 0 Å². The topological polar surface area (TPSA) is 90.2 Å². The Morgan fingerprint density at radius 2 is 1.97 bits per heavy atom. The van der Waals surface area contributed by atoms with E-state index in [4.69, 9.17) is 4.74 Å². The van der Waals surface area contributed by atoms with E-state index in [0.29, 0.717) is 30.2 Å². The molecule has 2 aliphatic carbocycles. The van der Waals surface area contributed by atoms with Crippen LogP contribution in [0.5, 0.6) is 11.5 Å². The Bertz CT molecular complexity index is 942. The van der Waals surface area contributed by atoms with E-state index in [1.165, 1.54) is 0 Å². The fourth-order valence-corrected chi connectivity index (χ4v) is 7.64. The quantitative estimate of drug-likeness (QED) is 0.671. The van der Waals surface area contributed by atoms with E-state index in [2.05, 4.69) is 27.7 Å². The molecule has 0 bridgehead atoms. The predicted octanol–water partition coefficient (Wildman–Crippen LogP) is 3.25. The minimum atomic E-state index is -0.507. The molecule has 3 N–H and O–H groups in total. The summed E-state index contributed by atoms with van der Waals surface area (Å²) in [4.78, 5) is 14.8. The molecule has 1 spiro atoms. The Labute approximate surface area is 184 Å². The number of phenolic OH excluding ortho intramolecular Hbond substituents is 1. The highest BCUT2D eigenvalue weighted by Crippen LogP contribution is 2.67. The summed E-state index contributed by atoms with van der Waals surface area (Å²) < 4.78 is 6.92. The van der Waals surface area contributed by atoms with Gasteiger partial charge in [0.1, 0.15) is 17.1 Å². The minimum Gasteiger partial charge on any atom is -0.508 e. The lowest BCUT2D eigenvalue weighted by Gasteiger charge is -2.64. The SMILES string of the molecule is CC1CCC2C(C)(C)C(O)CCC2(C)C12Cc1c(O)cc3c(c1O2)C(=O)N(CCO)C3. The van der Waals surface area contributed by atoms with E-state index in [9.17, 15) is 20.1 Å². The van der Waals surface area contributed by atoms with Crippen molar-refractivity contribution in [3.05, 3.63) is 22.8 Å². The van der Waals surface area contributed by atoms with E-state index in [1.807, 2.05) is 0 Å². The Hall–Kier alpha value is -1.79. The van der Waals surface area contributed by atoms with Crippen molar-refractivity contribution in [1.82, 2.24) is 4.90 Å². The van der Waals surface area contributed by atoms with Gasteiger partial charge in [-0.1, -0.05) is 27.7 Å². The maximum Gasteiger partial charge on any atom is 0.258 e. The van der Waals surface area contributed by atoms with Crippen LogP contribution in [0.15, 0.2) is 6.07 Å². The van der Waals surface area contributed by atoms with Crippen LogP contribution in [-0.2, 0) is 13.0 Å². The Morgan fingerprint density at radius 1 is 1.23 bits per heavy atom. The molecule has 5 rings (SSSR count). The van der Waals surface area contributed by atoms with Gasteiger partial charge in [-0.3, -0.25) is 4.79 Å². The summed E-state index contributed by atoms with van der Waals surface area (Å²) in [5.41, 5.74) is 1.19. The normalized spacial score (nSPS) is 38.1. The summed E-state index contributed by atoms with van der Waals surface area (Å²) in [6.07, 6.45) is 3.92. The van der Waals surface area contributed by atoms with Crippen LogP contribution in [0.3, 0.4) is 0 Å². The van der Waals surface area contributed by atoms with Gasteiger partial charge in [-0.05, 0) is 54.6 Å². The van der Waals surface area contributed by atoms with Crippen molar-refractivity contribution >= 4 is 5.91 Å². The van der Waals surface area contributed by atoms with Crippen molar-refractivity contribution in [3.8, 4) is 11.5 Å². The molecule has 1 aromatic carbocycles. The molecule has 6 nitrogen and oxygen atoms in total. The van der Waals surface area contributed by atoms with Crippen LogP contribution < -0.4 is 4.74 Å². The highest BCUT2D eigenvalue weighted by Gasteiger charge is 2.67. The lowest BCUT2D eigenvalue weighted by Crippen LogP contribution is -2.66. The molecule has 0 aromatic heterocycles. The fraction of sp³-hybridized carbons (Fsp3) is 0.720. The monoisotopic (exact) mass is 429 g/mol. The van der Waals surface area contributed by atoms with Gasteiger partial charge in [0.05, 0.1) is 18.3 Å². The molecule has 6 heteroatoms. The second-order valence-electron chi connectivity index (χ2n) is 11.2. The first-order valence-electron chi connectivity index (χ1n) is 11.7. The third kappa shape index (κ3) is 2.55. The van der Waals surface area contributed by atoms with Crippen LogP contribution >= 0.6 is 0 Å². The maximum absolute atomic E-state index is 13.1. The first kappa shape index (κ1) is 21.1. The highest BCUT2D eigenvalue weighted by atomic mass is 16.5. The second kappa shape index (κ2) is 6.61. The lowest BCUT2D eigenvalue weighted by atomic mass is 9.43. The van der Waals surface area contributed by atoms with Gasteiger partial charge in [0.2, 0.25) is 0 Å². The van der Waals surface area contributed by atoms with Gasteiger partial charge in [-0.2, -0.15) is 0 Å². The molecular weight excluding hydrogens is 394 g/mol. The lowest BCUT2D eigenvalue weighted by molar-refractivity contribution is -0.210. The molecule has 4 aliphatic rings. The first-order valence-corrected chi connectivity index (χ1v) is 11.7. The second-order valence-corrected chi connectivity index (χ2v) is 11.2.